The topological polar surface area (TPSA) is 63.8 Å². The molecule has 0 atom stereocenters. The number of imidazole rings is 1. The van der Waals surface area contributed by atoms with Crippen LogP contribution in [0.5, 0.6) is 5.75 Å². The zero-order valence-electron chi connectivity index (χ0n) is 31.6. The van der Waals surface area contributed by atoms with Crippen LogP contribution in [0.1, 0.15) is 72.1 Å². The average molecular weight is 685 g/mol. The van der Waals surface area contributed by atoms with Gasteiger partial charge in [-0.05, 0) is 88.4 Å². The molecule has 7 aromatic rings. The van der Waals surface area contributed by atoms with E-state index in [4.69, 9.17) is 15.0 Å². The summed E-state index contributed by atoms with van der Waals surface area (Å²) < 4.78 is 2.22. The molecule has 0 fully saturated rings. The summed E-state index contributed by atoms with van der Waals surface area (Å²) in [6.07, 6.45) is 4.65. The molecule has 0 aliphatic heterocycles. The lowest BCUT2D eigenvalue weighted by molar-refractivity contribution is 0.446. The van der Waals surface area contributed by atoms with Crippen molar-refractivity contribution in [1.29, 1.82) is 0 Å². The maximum Gasteiger partial charge on any atom is 0.149 e. The maximum atomic E-state index is 12.2. The standard InChI is InChI=1S/C47H48N4O/c1-30(2)24-31-25-33(39-19-14-15-22-48-39)27-34(26-31)42-43-41(21-23-49-42)51(40-20-13-12-18-36(40)32-16-10-9-11-17-32)45(50-43)37-28-35(46(3,4)5)29-38(44(37)52)47(6,7)8/h9-23,25-30,52H,24H2,1-8H3. The largest absolute Gasteiger partial charge is 0.507 e. The minimum absolute atomic E-state index is 0.160. The summed E-state index contributed by atoms with van der Waals surface area (Å²) in [6, 6.07) is 37.9. The first-order valence-electron chi connectivity index (χ1n) is 18.3. The Hall–Kier alpha value is -5.55. The van der Waals surface area contributed by atoms with E-state index < -0.39 is 0 Å². The van der Waals surface area contributed by atoms with E-state index in [9.17, 15) is 5.11 Å². The molecule has 3 heterocycles. The number of fused-ring (bicyclic) bond motifs is 1. The minimum Gasteiger partial charge on any atom is -0.507 e. The number of para-hydroxylation sites is 1. The maximum absolute atomic E-state index is 12.2. The van der Waals surface area contributed by atoms with Gasteiger partial charge in [-0.3, -0.25) is 14.5 Å². The van der Waals surface area contributed by atoms with Gasteiger partial charge in [-0.1, -0.05) is 116 Å². The van der Waals surface area contributed by atoms with Gasteiger partial charge in [0, 0.05) is 34.6 Å². The summed E-state index contributed by atoms with van der Waals surface area (Å²) in [6.45, 7) is 17.6. The van der Waals surface area contributed by atoms with Crippen LogP contribution < -0.4 is 0 Å². The highest BCUT2D eigenvalue weighted by atomic mass is 16.3. The number of benzene rings is 4. The van der Waals surface area contributed by atoms with Crippen LogP contribution in [0.25, 0.3) is 61.8 Å². The van der Waals surface area contributed by atoms with Crippen LogP contribution in [-0.2, 0) is 17.3 Å². The molecule has 3 aromatic heterocycles. The van der Waals surface area contributed by atoms with Gasteiger partial charge in [0.2, 0.25) is 0 Å². The Kier molecular flexibility index (Phi) is 9.08. The van der Waals surface area contributed by atoms with Crippen LogP contribution in [0.3, 0.4) is 0 Å². The Morgan fingerprint density at radius 3 is 2.06 bits per heavy atom. The molecule has 4 aromatic carbocycles. The number of pyridine rings is 2. The number of rotatable bonds is 7. The third kappa shape index (κ3) is 6.76. The van der Waals surface area contributed by atoms with Crippen molar-refractivity contribution in [3.8, 4) is 56.5 Å². The molecule has 0 amide bonds. The highest BCUT2D eigenvalue weighted by molar-refractivity contribution is 5.96. The lowest BCUT2D eigenvalue weighted by Crippen LogP contribution is -2.17. The third-order valence-corrected chi connectivity index (χ3v) is 9.70. The molecule has 0 spiro atoms. The van der Waals surface area contributed by atoms with Crippen LogP contribution in [0.15, 0.2) is 122 Å². The van der Waals surface area contributed by atoms with Gasteiger partial charge in [0.1, 0.15) is 17.1 Å². The predicted molar refractivity (Wildman–Crippen MR) is 216 cm³/mol. The molecular weight excluding hydrogens is 637 g/mol. The molecule has 5 heteroatoms. The highest BCUT2D eigenvalue weighted by Crippen LogP contribution is 2.45. The smallest absolute Gasteiger partial charge is 0.149 e. The van der Waals surface area contributed by atoms with Gasteiger partial charge < -0.3 is 5.11 Å². The first-order valence-corrected chi connectivity index (χ1v) is 18.3. The number of nitrogens with zero attached hydrogens (tertiary/aromatic N) is 4. The van der Waals surface area contributed by atoms with E-state index in [1.165, 1.54) is 5.56 Å². The minimum atomic E-state index is -0.301. The summed E-state index contributed by atoms with van der Waals surface area (Å²) in [5.74, 6) is 1.40. The predicted octanol–water partition coefficient (Wildman–Crippen LogP) is 12.0. The number of phenolic OH excluding ortho intramolecular Hbond substituents is 1. The monoisotopic (exact) mass is 684 g/mol. The molecule has 0 saturated carbocycles. The lowest BCUT2D eigenvalue weighted by atomic mass is 9.79. The van der Waals surface area contributed by atoms with Crippen molar-refractivity contribution in [2.45, 2.75) is 72.6 Å². The van der Waals surface area contributed by atoms with Gasteiger partial charge in [0.25, 0.3) is 0 Å². The first-order chi connectivity index (χ1) is 24.8. The van der Waals surface area contributed by atoms with E-state index in [1.807, 2.05) is 36.7 Å². The fourth-order valence-corrected chi connectivity index (χ4v) is 7.08. The van der Waals surface area contributed by atoms with Crippen molar-refractivity contribution in [3.05, 3.63) is 138 Å². The summed E-state index contributed by atoms with van der Waals surface area (Å²) in [7, 11) is 0. The van der Waals surface area contributed by atoms with Crippen molar-refractivity contribution in [1.82, 2.24) is 19.5 Å². The van der Waals surface area contributed by atoms with Gasteiger partial charge in [-0.2, -0.15) is 0 Å². The number of hydrogen-bond acceptors (Lipinski definition) is 4. The molecule has 5 nitrogen and oxygen atoms in total. The van der Waals surface area contributed by atoms with Crippen molar-refractivity contribution < 1.29 is 5.11 Å². The second-order valence-electron chi connectivity index (χ2n) is 16.3. The molecule has 0 aliphatic rings. The van der Waals surface area contributed by atoms with Crippen molar-refractivity contribution in [3.63, 3.8) is 0 Å². The quantitative estimate of drug-likeness (QED) is 0.181. The summed E-state index contributed by atoms with van der Waals surface area (Å²) >= 11 is 0. The Morgan fingerprint density at radius 2 is 1.37 bits per heavy atom. The van der Waals surface area contributed by atoms with Gasteiger partial charge in [-0.25, -0.2) is 4.98 Å². The van der Waals surface area contributed by atoms with Gasteiger partial charge >= 0.3 is 0 Å². The van der Waals surface area contributed by atoms with Crippen LogP contribution in [-0.4, -0.2) is 24.6 Å². The molecule has 262 valence electrons. The van der Waals surface area contributed by atoms with E-state index in [2.05, 4.69) is 145 Å². The molecule has 7 rings (SSSR count). The second-order valence-corrected chi connectivity index (χ2v) is 16.3. The fourth-order valence-electron chi connectivity index (χ4n) is 7.08. The Bertz CT molecular complexity index is 2380. The highest BCUT2D eigenvalue weighted by Gasteiger charge is 2.29. The van der Waals surface area contributed by atoms with E-state index in [1.54, 1.807) is 0 Å². The molecule has 0 aliphatic carbocycles. The molecule has 0 bridgehead atoms. The van der Waals surface area contributed by atoms with Crippen molar-refractivity contribution in [2.24, 2.45) is 5.92 Å². The van der Waals surface area contributed by atoms with Crippen molar-refractivity contribution in [2.75, 3.05) is 0 Å². The Morgan fingerprint density at radius 1 is 0.654 bits per heavy atom. The molecule has 0 radical (unpaired) electrons. The number of aromatic hydroxyl groups is 1. The zero-order valence-corrected chi connectivity index (χ0v) is 31.6. The molecule has 52 heavy (non-hydrogen) atoms. The Labute approximate surface area is 308 Å². The van der Waals surface area contributed by atoms with Crippen LogP contribution >= 0.6 is 0 Å². The van der Waals surface area contributed by atoms with Crippen molar-refractivity contribution >= 4 is 11.0 Å². The van der Waals surface area contributed by atoms with E-state index >= 15 is 0 Å². The van der Waals surface area contributed by atoms with E-state index in [0.717, 1.165) is 67.9 Å². The van der Waals surface area contributed by atoms with Gasteiger partial charge in [0.15, 0.2) is 0 Å². The van der Waals surface area contributed by atoms with E-state index in [-0.39, 0.29) is 16.6 Å². The van der Waals surface area contributed by atoms with E-state index in [0.29, 0.717) is 17.3 Å². The normalized spacial score (nSPS) is 12.2. The fraction of sp³-hybridized carbons (Fsp3) is 0.255. The van der Waals surface area contributed by atoms with Gasteiger partial charge in [0.05, 0.1) is 28.2 Å². The Balaban J connectivity index is 1.59. The van der Waals surface area contributed by atoms with Crippen LogP contribution in [0.2, 0.25) is 0 Å². The average Bonchev–Trinajstić information content (AvgIpc) is 3.50. The number of hydrogen-bond donors (Lipinski definition) is 1. The van der Waals surface area contributed by atoms with Crippen LogP contribution in [0.4, 0.5) is 0 Å². The second kappa shape index (κ2) is 13.5. The molecule has 0 unspecified atom stereocenters. The van der Waals surface area contributed by atoms with Crippen LogP contribution in [0, 0.1) is 5.92 Å². The zero-order chi connectivity index (χ0) is 36.8. The number of aromatic nitrogens is 4. The summed E-state index contributed by atoms with van der Waals surface area (Å²) in [4.78, 5) is 15.2. The lowest BCUT2D eigenvalue weighted by Gasteiger charge is -2.27. The molecular formula is C47H48N4O. The first kappa shape index (κ1) is 34.9. The third-order valence-electron chi connectivity index (χ3n) is 9.70. The molecule has 0 saturated heterocycles. The summed E-state index contributed by atoms with van der Waals surface area (Å²) in [5.41, 5.74) is 12.1. The molecule has 1 N–H and O–H groups in total. The SMILES string of the molecule is CC(C)Cc1cc(-c2ccccn2)cc(-c2nccc3c2nc(-c2cc(C(C)(C)C)cc(C(C)(C)C)c2O)n3-c2ccccc2-c2ccccc2)c1. The number of phenols is 1. The van der Waals surface area contributed by atoms with Gasteiger partial charge in [-0.15, -0.1) is 0 Å². The summed E-state index contributed by atoms with van der Waals surface area (Å²) in [5, 5.41) is 12.2.